The number of carboxylic acid groups (broad SMARTS) is 1. The van der Waals surface area contributed by atoms with E-state index in [9.17, 15) is 9.59 Å². The maximum Gasteiger partial charge on any atom is 0.303 e. The fraction of sp³-hybridized carbons (Fsp3) is 0.231. The number of rotatable bonds is 5. The van der Waals surface area contributed by atoms with Gasteiger partial charge >= 0.3 is 5.97 Å². The van der Waals surface area contributed by atoms with Gasteiger partial charge in [-0.25, -0.2) is 0 Å². The molecule has 1 heterocycles. The van der Waals surface area contributed by atoms with Crippen molar-refractivity contribution in [1.82, 2.24) is 4.73 Å². The molecule has 0 aliphatic carbocycles. The van der Waals surface area contributed by atoms with Crippen molar-refractivity contribution >= 4 is 16.9 Å². The van der Waals surface area contributed by atoms with Crippen molar-refractivity contribution in [3.05, 3.63) is 46.8 Å². The first-order valence-corrected chi connectivity index (χ1v) is 5.64. The molecular formula is C13H13NO4. The van der Waals surface area contributed by atoms with Gasteiger partial charge in [-0.15, -0.1) is 4.73 Å². The maximum absolute atomic E-state index is 11.7. The third kappa shape index (κ3) is 2.68. The summed E-state index contributed by atoms with van der Waals surface area (Å²) in [6, 6.07) is 10.5. The Hall–Kier alpha value is -2.30. The number of aromatic nitrogens is 1. The number of carbonyl (C=O) groups is 1. The highest BCUT2D eigenvalue weighted by Gasteiger charge is 2.03. The van der Waals surface area contributed by atoms with E-state index in [4.69, 9.17) is 9.94 Å². The molecule has 2 aromatic rings. The van der Waals surface area contributed by atoms with Crippen molar-refractivity contribution in [2.45, 2.75) is 12.8 Å². The molecule has 0 amide bonds. The predicted octanol–water partition coefficient (Wildman–Crippen LogP) is 1.29. The van der Waals surface area contributed by atoms with Gasteiger partial charge in [0.1, 0.15) is 6.61 Å². The van der Waals surface area contributed by atoms with Crippen LogP contribution in [0.25, 0.3) is 10.9 Å². The lowest BCUT2D eigenvalue weighted by atomic mass is 10.2. The highest BCUT2D eigenvalue weighted by Crippen LogP contribution is 2.09. The van der Waals surface area contributed by atoms with Gasteiger partial charge in [-0.3, -0.25) is 9.59 Å². The van der Waals surface area contributed by atoms with Crippen molar-refractivity contribution in [1.29, 1.82) is 0 Å². The number of aliphatic carboxylic acids is 1. The Morgan fingerprint density at radius 3 is 2.78 bits per heavy atom. The van der Waals surface area contributed by atoms with Gasteiger partial charge in [0.2, 0.25) is 0 Å². The zero-order valence-corrected chi connectivity index (χ0v) is 9.70. The van der Waals surface area contributed by atoms with E-state index in [1.807, 2.05) is 18.2 Å². The van der Waals surface area contributed by atoms with E-state index >= 15 is 0 Å². The molecule has 94 valence electrons. The van der Waals surface area contributed by atoms with Crippen LogP contribution in [0, 0.1) is 0 Å². The standard InChI is InChI=1S/C13H13NO4/c15-12-8-7-10-4-1-2-5-11(10)14(12)18-9-3-6-13(16)17/h1-2,4-5,7-8H,3,6,9H2,(H,16,17). The van der Waals surface area contributed by atoms with Gasteiger partial charge in [-0.05, 0) is 18.6 Å². The minimum atomic E-state index is -0.871. The van der Waals surface area contributed by atoms with Gasteiger partial charge < -0.3 is 9.94 Å². The largest absolute Gasteiger partial charge is 0.481 e. The third-order valence-corrected chi connectivity index (χ3v) is 2.52. The minimum absolute atomic E-state index is 0.0273. The van der Waals surface area contributed by atoms with Crippen molar-refractivity contribution in [2.75, 3.05) is 6.61 Å². The summed E-state index contributed by atoms with van der Waals surface area (Å²) in [5, 5.41) is 9.41. The number of benzene rings is 1. The lowest BCUT2D eigenvalue weighted by Crippen LogP contribution is -2.27. The van der Waals surface area contributed by atoms with Crippen LogP contribution < -0.4 is 10.4 Å². The van der Waals surface area contributed by atoms with Gasteiger partial charge in [0.25, 0.3) is 5.56 Å². The molecule has 1 aromatic heterocycles. The Kier molecular flexibility index (Phi) is 3.62. The number of pyridine rings is 1. The van der Waals surface area contributed by atoms with Crippen LogP contribution in [-0.2, 0) is 4.79 Å². The zero-order chi connectivity index (χ0) is 13.0. The van der Waals surface area contributed by atoms with Crippen molar-refractivity contribution in [2.24, 2.45) is 0 Å². The first-order chi connectivity index (χ1) is 8.68. The van der Waals surface area contributed by atoms with Crippen molar-refractivity contribution < 1.29 is 14.7 Å². The van der Waals surface area contributed by atoms with Crippen LogP contribution in [0.2, 0.25) is 0 Å². The second-order valence-electron chi connectivity index (χ2n) is 3.86. The predicted molar refractivity (Wildman–Crippen MR) is 66.5 cm³/mol. The second kappa shape index (κ2) is 5.35. The highest BCUT2D eigenvalue weighted by molar-refractivity contribution is 5.78. The van der Waals surface area contributed by atoms with Gasteiger partial charge in [0, 0.05) is 17.9 Å². The van der Waals surface area contributed by atoms with E-state index in [1.54, 1.807) is 12.1 Å². The molecule has 2 rings (SSSR count). The number of fused-ring (bicyclic) bond motifs is 1. The number of hydrogen-bond acceptors (Lipinski definition) is 3. The van der Waals surface area contributed by atoms with Crippen LogP contribution in [0.3, 0.4) is 0 Å². The Bertz CT molecular complexity index is 618. The summed E-state index contributed by atoms with van der Waals surface area (Å²) >= 11 is 0. The molecule has 0 bridgehead atoms. The molecule has 0 fully saturated rings. The summed E-state index contributed by atoms with van der Waals surface area (Å²) < 4.78 is 1.21. The van der Waals surface area contributed by atoms with Gasteiger partial charge in [0.05, 0.1) is 5.52 Å². The lowest BCUT2D eigenvalue weighted by molar-refractivity contribution is -0.137. The SMILES string of the molecule is O=C(O)CCCOn1c(=O)ccc2ccccc21. The Labute approximate surface area is 103 Å². The van der Waals surface area contributed by atoms with Crippen LogP contribution in [0.5, 0.6) is 0 Å². The Balaban J connectivity index is 2.19. The molecular weight excluding hydrogens is 234 g/mol. The summed E-state index contributed by atoms with van der Waals surface area (Å²) in [6.45, 7) is 0.195. The fourth-order valence-corrected chi connectivity index (χ4v) is 1.67. The number of carboxylic acids is 1. The molecule has 0 aliphatic heterocycles. The molecule has 5 nitrogen and oxygen atoms in total. The van der Waals surface area contributed by atoms with Crippen molar-refractivity contribution in [3.8, 4) is 0 Å². The molecule has 0 saturated heterocycles. The quantitative estimate of drug-likeness (QED) is 0.808. The smallest absolute Gasteiger partial charge is 0.303 e. The molecule has 18 heavy (non-hydrogen) atoms. The molecule has 0 atom stereocenters. The number of nitrogens with zero attached hydrogens (tertiary/aromatic N) is 1. The zero-order valence-electron chi connectivity index (χ0n) is 9.70. The number of para-hydroxylation sites is 1. The summed E-state index contributed by atoms with van der Waals surface area (Å²) in [6.07, 6.45) is 0.393. The van der Waals surface area contributed by atoms with Crippen molar-refractivity contribution in [3.63, 3.8) is 0 Å². The summed E-state index contributed by atoms with van der Waals surface area (Å²) in [5.74, 6) is -0.871. The minimum Gasteiger partial charge on any atom is -0.481 e. The highest BCUT2D eigenvalue weighted by atomic mass is 16.7. The van der Waals surface area contributed by atoms with Crippen LogP contribution in [-0.4, -0.2) is 22.4 Å². The third-order valence-electron chi connectivity index (χ3n) is 2.52. The summed E-state index contributed by atoms with van der Waals surface area (Å²) in [7, 11) is 0. The van der Waals surface area contributed by atoms with E-state index in [1.165, 1.54) is 10.8 Å². The van der Waals surface area contributed by atoms with Gasteiger partial charge in [-0.1, -0.05) is 18.2 Å². The van der Waals surface area contributed by atoms with E-state index in [-0.39, 0.29) is 18.6 Å². The monoisotopic (exact) mass is 247 g/mol. The molecule has 0 saturated carbocycles. The molecule has 5 heteroatoms. The number of hydrogen-bond donors (Lipinski definition) is 1. The molecule has 0 spiro atoms. The molecule has 1 aromatic carbocycles. The van der Waals surface area contributed by atoms with Crippen LogP contribution in [0.1, 0.15) is 12.8 Å². The first kappa shape index (κ1) is 12.2. The van der Waals surface area contributed by atoms with E-state index in [2.05, 4.69) is 0 Å². The molecule has 0 unspecified atom stereocenters. The van der Waals surface area contributed by atoms with Gasteiger partial charge in [-0.2, -0.15) is 0 Å². The summed E-state index contributed by atoms with van der Waals surface area (Å²) in [4.78, 5) is 27.4. The average Bonchev–Trinajstić information content (AvgIpc) is 2.36. The fourth-order valence-electron chi connectivity index (χ4n) is 1.67. The van der Waals surface area contributed by atoms with Crippen LogP contribution >= 0.6 is 0 Å². The molecule has 0 radical (unpaired) electrons. The normalized spacial score (nSPS) is 10.4. The van der Waals surface area contributed by atoms with E-state index in [0.29, 0.717) is 11.9 Å². The first-order valence-electron chi connectivity index (χ1n) is 5.64. The van der Waals surface area contributed by atoms with Crippen LogP contribution in [0.15, 0.2) is 41.2 Å². The topological polar surface area (TPSA) is 68.5 Å². The Morgan fingerprint density at radius 2 is 2.00 bits per heavy atom. The second-order valence-corrected chi connectivity index (χ2v) is 3.86. The maximum atomic E-state index is 11.7. The summed E-state index contributed by atoms with van der Waals surface area (Å²) in [5.41, 5.74) is 0.421. The van der Waals surface area contributed by atoms with Crippen LogP contribution in [0.4, 0.5) is 0 Å². The van der Waals surface area contributed by atoms with Gasteiger partial charge in [0.15, 0.2) is 0 Å². The van der Waals surface area contributed by atoms with E-state index in [0.717, 1.165) is 5.39 Å². The lowest BCUT2D eigenvalue weighted by Gasteiger charge is -2.10. The molecule has 0 aliphatic rings. The Morgan fingerprint density at radius 1 is 1.22 bits per heavy atom. The van der Waals surface area contributed by atoms with E-state index < -0.39 is 5.97 Å². The molecule has 1 N–H and O–H groups in total. The average molecular weight is 247 g/mol.